The van der Waals surface area contributed by atoms with Gasteiger partial charge in [0, 0.05) is 5.56 Å². The Balaban J connectivity index is 2.05. The molecule has 3 nitrogen and oxygen atoms in total. The van der Waals surface area contributed by atoms with Gasteiger partial charge in [-0.2, -0.15) is 0 Å². The number of aromatic hydroxyl groups is 1. The molecule has 2 aromatic rings. The number of benzene rings is 2. The summed E-state index contributed by atoms with van der Waals surface area (Å²) in [5.74, 6) is 6.49. The van der Waals surface area contributed by atoms with Crippen molar-refractivity contribution < 1.29 is 14.9 Å². The lowest BCUT2D eigenvalue weighted by atomic mass is 10.1. The minimum atomic E-state index is -0.144. The molecule has 0 bridgehead atoms. The second-order valence-corrected chi connectivity index (χ2v) is 4.40. The van der Waals surface area contributed by atoms with Crippen molar-refractivity contribution in [3.63, 3.8) is 0 Å². The van der Waals surface area contributed by atoms with Gasteiger partial charge in [-0.3, -0.25) is 0 Å². The molecule has 102 valence electrons. The first-order valence-corrected chi connectivity index (χ1v) is 6.30. The molecule has 0 heterocycles. The van der Waals surface area contributed by atoms with Crippen molar-refractivity contribution >= 4 is 0 Å². The highest BCUT2D eigenvalue weighted by Gasteiger charge is 2.00. The SMILES string of the molecule is Cc1cc(OCc2cccc(O)c2)ccc1C#CCO. The summed E-state index contributed by atoms with van der Waals surface area (Å²) >= 11 is 0. The molecule has 0 aliphatic rings. The fraction of sp³-hybridized carbons (Fsp3) is 0.176. The highest BCUT2D eigenvalue weighted by atomic mass is 16.5. The quantitative estimate of drug-likeness (QED) is 0.841. The maximum Gasteiger partial charge on any atom is 0.120 e. The summed E-state index contributed by atoms with van der Waals surface area (Å²) in [6.45, 7) is 2.20. The first kappa shape index (κ1) is 14.0. The van der Waals surface area contributed by atoms with E-state index in [1.807, 2.05) is 31.2 Å². The zero-order valence-corrected chi connectivity index (χ0v) is 11.3. The Labute approximate surface area is 118 Å². The molecule has 0 aromatic heterocycles. The van der Waals surface area contributed by atoms with Crippen molar-refractivity contribution in [1.29, 1.82) is 0 Å². The number of aliphatic hydroxyl groups excluding tert-OH is 1. The van der Waals surface area contributed by atoms with Crippen molar-refractivity contribution in [2.24, 2.45) is 0 Å². The van der Waals surface area contributed by atoms with Gasteiger partial charge in [-0.1, -0.05) is 24.0 Å². The Bertz CT molecular complexity index is 651. The van der Waals surface area contributed by atoms with E-state index < -0.39 is 0 Å². The van der Waals surface area contributed by atoms with Crippen molar-refractivity contribution in [3.8, 4) is 23.3 Å². The molecule has 0 aliphatic heterocycles. The van der Waals surface area contributed by atoms with Crippen LogP contribution in [0.4, 0.5) is 0 Å². The summed E-state index contributed by atoms with van der Waals surface area (Å²) in [4.78, 5) is 0. The maximum absolute atomic E-state index is 9.38. The number of phenols is 1. The number of hydrogen-bond donors (Lipinski definition) is 2. The van der Waals surface area contributed by atoms with Gasteiger partial charge in [0.2, 0.25) is 0 Å². The highest BCUT2D eigenvalue weighted by Crippen LogP contribution is 2.19. The molecule has 0 spiro atoms. The molecule has 2 aromatic carbocycles. The van der Waals surface area contributed by atoms with Crippen molar-refractivity contribution in [2.75, 3.05) is 6.61 Å². The Morgan fingerprint density at radius 2 is 2.00 bits per heavy atom. The second-order valence-electron chi connectivity index (χ2n) is 4.40. The lowest BCUT2D eigenvalue weighted by molar-refractivity contribution is 0.305. The molecule has 0 atom stereocenters. The van der Waals surface area contributed by atoms with Crippen LogP contribution in [0.1, 0.15) is 16.7 Å². The van der Waals surface area contributed by atoms with E-state index in [-0.39, 0.29) is 12.4 Å². The van der Waals surface area contributed by atoms with Crippen molar-refractivity contribution in [1.82, 2.24) is 0 Å². The molecule has 0 radical (unpaired) electrons. The van der Waals surface area contributed by atoms with Gasteiger partial charge in [-0.05, 0) is 48.4 Å². The summed E-state index contributed by atoms with van der Waals surface area (Å²) in [7, 11) is 0. The molecular weight excluding hydrogens is 252 g/mol. The average molecular weight is 268 g/mol. The third kappa shape index (κ3) is 3.78. The number of aryl methyl sites for hydroxylation is 1. The zero-order chi connectivity index (χ0) is 14.4. The molecule has 2 rings (SSSR count). The molecular formula is C17H16O3. The van der Waals surface area contributed by atoms with Gasteiger partial charge in [-0.15, -0.1) is 0 Å². The largest absolute Gasteiger partial charge is 0.508 e. The molecule has 0 unspecified atom stereocenters. The van der Waals surface area contributed by atoms with E-state index in [1.54, 1.807) is 18.2 Å². The zero-order valence-electron chi connectivity index (χ0n) is 11.3. The molecule has 0 saturated carbocycles. The van der Waals surface area contributed by atoms with Crippen molar-refractivity contribution in [3.05, 3.63) is 59.2 Å². The van der Waals surface area contributed by atoms with Gasteiger partial charge in [0.1, 0.15) is 24.7 Å². The standard InChI is InChI=1S/C17H16O3/c1-13-10-17(8-7-15(13)5-3-9-18)20-12-14-4-2-6-16(19)11-14/h2,4,6-8,10-11,18-19H,9,12H2,1H3. The van der Waals surface area contributed by atoms with E-state index in [4.69, 9.17) is 9.84 Å². The van der Waals surface area contributed by atoms with Gasteiger partial charge in [0.25, 0.3) is 0 Å². The number of ether oxygens (including phenoxy) is 1. The van der Waals surface area contributed by atoms with Crippen LogP contribution in [0, 0.1) is 18.8 Å². The Kier molecular flexibility index (Phi) is 4.65. The van der Waals surface area contributed by atoms with Crippen LogP contribution >= 0.6 is 0 Å². The average Bonchev–Trinajstić information content (AvgIpc) is 2.44. The first-order valence-electron chi connectivity index (χ1n) is 6.30. The fourth-order valence-electron chi connectivity index (χ4n) is 1.81. The van der Waals surface area contributed by atoms with Gasteiger partial charge in [0.05, 0.1) is 0 Å². The lowest BCUT2D eigenvalue weighted by Crippen LogP contribution is -1.96. The number of phenolic OH excluding ortho intramolecular Hbond substituents is 1. The minimum absolute atomic E-state index is 0.144. The highest BCUT2D eigenvalue weighted by molar-refractivity contribution is 5.44. The minimum Gasteiger partial charge on any atom is -0.508 e. The second kappa shape index (κ2) is 6.65. The summed E-state index contributed by atoms with van der Waals surface area (Å²) in [6.07, 6.45) is 0. The molecule has 20 heavy (non-hydrogen) atoms. The maximum atomic E-state index is 9.38. The van der Waals surface area contributed by atoms with Crippen molar-refractivity contribution in [2.45, 2.75) is 13.5 Å². The van der Waals surface area contributed by atoms with E-state index in [1.165, 1.54) is 0 Å². The topological polar surface area (TPSA) is 49.7 Å². The van der Waals surface area contributed by atoms with Gasteiger partial charge >= 0.3 is 0 Å². The van der Waals surface area contributed by atoms with E-state index in [2.05, 4.69) is 11.8 Å². The van der Waals surface area contributed by atoms with Crippen LogP contribution < -0.4 is 4.74 Å². The molecule has 0 saturated heterocycles. The monoisotopic (exact) mass is 268 g/mol. The van der Waals surface area contributed by atoms with Crippen LogP contribution in [0.25, 0.3) is 0 Å². The Morgan fingerprint density at radius 3 is 2.70 bits per heavy atom. The Morgan fingerprint density at radius 1 is 1.15 bits per heavy atom. The number of aliphatic hydroxyl groups is 1. The fourth-order valence-corrected chi connectivity index (χ4v) is 1.81. The van der Waals surface area contributed by atoms with E-state index in [0.29, 0.717) is 6.61 Å². The third-order valence-corrected chi connectivity index (χ3v) is 2.82. The lowest BCUT2D eigenvalue weighted by Gasteiger charge is -2.08. The molecule has 0 amide bonds. The third-order valence-electron chi connectivity index (χ3n) is 2.82. The first-order chi connectivity index (χ1) is 9.69. The van der Waals surface area contributed by atoms with Gasteiger partial charge in [-0.25, -0.2) is 0 Å². The van der Waals surface area contributed by atoms with Crippen LogP contribution in [-0.4, -0.2) is 16.8 Å². The van der Waals surface area contributed by atoms with Crippen LogP contribution in [0.2, 0.25) is 0 Å². The van der Waals surface area contributed by atoms with Crippen LogP contribution in [0.3, 0.4) is 0 Å². The predicted octanol–water partition coefficient (Wildman–Crippen LogP) is 2.62. The number of hydrogen-bond acceptors (Lipinski definition) is 3. The Hall–Kier alpha value is -2.44. The van der Waals surface area contributed by atoms with Gasteiger partial charge in [0.15, 0.2) is 0 Å². The van der Waals surface area contributed by atoms with Crippen LogP contribution in [0.15, 0.2) is 42.5 Å². The summed E-state index contributed by atoms with van der Waals surface area (Å²) in [6, 6.07) is 12.6. The van der Waals surface area contributed by atoms with Gasteiger partial charge < -0.3 is 14.9 Å². The van der Waals surface area contributed by atoms with E-state index in [9.17, 15) is 5.11 Å². The molecule has 0 fully saturated rings. The molecule has 0 aliphatic carbocycles. The normalized spacial score (nSPS) is 9.70. The van der Waals surface area contributed by atoms with E-state index >= 15 is 0 Å². The summed E-state index contributed by atoms with van der Waals surface area (Å²) < 4.78 is 5.68. The molecule has 3 heteroatoms. The van der Waals surface area contributed by atoms with E-state index in [0.717, 1.165) is 22.4 Å². The van der Waals surface area contributed by atoms with Crippen LogP contribution in [-0.2, 0) is 6.61 Å². The number of rotatable bonds is 3. The summed E-state index contributed by atoms with van der Waals surface area (Å²) in [5, 5.41) is 18.1. The van der Waals surface area contributed by atoms with Crippen LogP contribution in [0.5, 0.6) is 11.5 Å². The summed E-state index contributed by atoms with van der Waals surface area (Å²) in [5.41, 5.74) is 2.79. The smallest absolute Gasteiger partial charge is 0.120 e. The molecule has 2 N–H and O–H groups in total. The predicted molar refractivity (Wildman–Crippen MR) is 77.6 cm³/mol.